The Balaban J connectivity index is 1.98. The van der Waals surface area contributed by atoms with Crippen LogP contribution in [0.2, 0.25) is 0 Å². The second-order valence-electron chi connectivity index (χ2n) is 4.96. The maximum absolute atomic E-state index is 5.74. The summed E-state index contributed by atoms with van der Waals surface area (Å²) >= 11 is 1.60. The molecule has 2 heterocycles. The molecule has 0 aliphatic carbocycles. The first kappa shape index (κ1) is 14.1. The van der Waals surface area contributed by atoms with Crippen LogP contribution in [-0.2, 0) is 0 Å². The number of nitrogens with zero attached hydrogens (tertiary/aromatic N) is 2. The Morgan fingerprint density at radius 3 is 2.95 bits per heavy atom. The number of thiophene rings is 1. The summed E-state index contributed by atoms with van der Waals surface area (Å²) < 4.78 is 0. The van der Waals surface area contributed by atoms with Crippen molar-refractivity contribution in [1.29, 1.82) is 0 Å². The molecule has 2 aromatic heterocycles. The molecule has 0 bridgehead atoms. The maximum Gasteiger partial charge on any atom is 0.223 e. The first-order valence-corrected chi connectivity index (χ1v) is 7.86. The van der Waals surface area contributed by atoms with Crippen LogP contribution in [-0.4, -0.2) is 16.0 Å². The molecule has 3 N–H and O–H groups in total. The topological polar surface area (TPSA) is 63.8 Å². The average molecular weight is 278 g/mol. The third-order valence-electron chi connectivity index (χ3n) is 3.22. The minimum atomic E-state index is 0.343. The number of nitrogens with one attached hydrogen (secondary N) is 1. The van der Waals surface area contributed by atoms with Crippen molar-refractivity contribution in [3.05, 3.63) is 11.4 Å². The molecule has 19 heavy (non-hydrogen) atoms. The fourth-order valence-corrected chi connectivity index (χ4v) is 2.94. The van der Waals surface area contributed by atoms with Crippen molar-refractivity contribution in [1.82, 2.24) is 9.97 Å². The largest absolute Gasteiger partial charge is 0.368 e. The molecule has 0 spiro atoms. The van der Waals surface area contributed by atoms with Crippen LogP contribution in [0.3, 0.4) is 0 Å². The number of hydrogen-bond donors (Lipinski definition) is 2. The van der Waals surface area contributed by atoms with Crippen LogP contribution in [0, 0.1) is 0 Å². The van der Waals surface area contributed by atoms with E-state index in [0.717, 1.165) is 22.5 Å². The number of nitrogen functional groups attached to an aromatic ring is 1. The molecule has 0 aliphatic rings. The van der Waals surface area contributed by atoms with Gasteiger partial charge in [-0.25, -0.2) is 4.98 Å². The molecule has 1 atom stereocenters. The van der Waals surface area contributed by atoms with Crippen LogP contribution in [0.25, 0.3) is 10.2 Å². The molecule has 0 aromatic carbocycles. The van der Waals surface area contributed by atoms with Gasteiger partial charge in [0, 0.05) is 6.04 Å². The zero-order chi connectivity index (χ0) is 13.7. The number of fused-ring (bicyclic) bond motifs is 1. The molecule has 4 nitrogen and oxygen atoms in total. The van der Waals surface area contributed by atoms with Crippen LogP contribution in [0.4, 0.5) is 11.8 Å². The van der Waals surface area contributed by atoms with Crippen LogP contribution in [0.1, 0.15) is 46.0 Å². The molecular weight excluding hydrogens is 256 g/mol. The minimum Gasteiger partial charge on any atom is -0.368 e. The Hall–Kier alpha value is -1.36. The van der Waals surface area contributed by atoms with E-state index in [1.807, 2.05) is 11.4 Å². The predicted molar refractivity (Wildman–Crippen MR) is 83.7 cm³/mol. The number of rotatable bonds is 7. The van der Waals surface area contributed by atoms with Crippen LogP contribution >= 0.6 is 11.3 Å². The SMILES string of the molecule is CCCCCCC(C)Nc1nc(N)nc2sccc12. The molecule has 1 unspecified atom stereocenters. The number of nitrogens with two attached hydrogens (primary N) is 1. The maximum atomic E-state index is 5.74. The quantitative estimate of drug-likeness (QED) is 0.750. The number of anilines is 2. The van der Waals surface area contributed by atoms with E-state index in [9.17, 15) is 0 Å². The molecule has 0 saturated heterocycles. The molecule has 0 amide bonds. The summed E-state index contributed by atoms with van der Waals surface area (Å²) in [5.41, 5.74) is 5.74. The van der Waals surface area contributed by atoms with Crippen molar-refractivity contribution in [2.75, 3.05) is 11.1 Å². The Bertz CT molecular complexity index is 523. The highest BCUT2D eigenvalue weighted by atomic mass is 32.1. The van der Waals surface area contributed by atoms with E-state index in [2.05, 4.69) is 29.1 Å². The lowest BCUT2D eigenvalue weighted by atomic mass is 10.1. The number of unbranched alkanes of at least 4 members (excludes halogenated alkanes) is 3. The van der Waals surface area contributed by atoms with E-state index in [-0.39, 0.29) is 0 Å². The van der Waals surface area contributed by atoms with Gasteiger partial charge in [0.05, 0.1) is 5.39 Å². The standard InChI is InChI=1S/C14H22N4S/c1-3-4-5-6-7-10(2)16-12-11-8-9-19-13(11)18-14(15)17-12/h8-10H,3-7H2,1-2H3,(H3,15,16,17,18). The lowest BCUT2D eigenvalue weighted by Crippen LogP contribution is -2.16. The molecule has 2 aromatic rings. The van der Waals surface area contributed by atoms with Gasteiger partial charge in [0.25, 0.3) is 0 Å². The highest BCUT2D eigenvalue weighted by molar-refractivity contribution is 7.16. The zero-order valence-corrected chi connectivity index (χ0v) is 12.5. The Labute approximate surface area is 118 Å². The fourth-order valence-electron chi connectivity index (χ4n) is 2.16. The smallest absolute Gasteiger partial charge is 0.223 e. The van der Waals surface area contributed by atoms with Crippen molar-refractivity contribution < 1.29 is 0 Å². The van der Waals surface area contributed by atoms with Gasteiger partial charge in [-0.3, -0.25) is 0 Å². The van der Waals surface area contributed by atoms with Crippen LogP contribution in [0.5, 0.6) is 0 Å². The van der Waals surface area contributed by atoms with E-state index in [0.29, 0.717) is 12.0 Å². The number of hydrogen-bond acceptors (Lipinski definition) is 5. The molecule has 0 fully saturated rings. The second-order valence-corrected chi connectivity index (χ2v) is 5.86. The van der Waals surface area contributed by atoms with Gasteiger partial charge in [0.15, 0.2) is 0 Å². The normalized spacial score (nSPS) is 12.7. The summed E-state index contributed by atoms with van der Waals surface area (Å²) in [6.07, 6.45) is 6.33. The first-order chi connectivity index (χ1) is 9.20. The second kappa shape index (κ2) is 6.70. The summed E-state index contributed by atoms with van der Waals surface area (Å²) in [6, 6.07) is 2.46. The summed E-state index contributed by atoms with van der Waals surface area (Å²) in [7, 11) is 0. The van der Waals surface area contributed by atoms with E-state index >= 15 is 0 Å². The molecular formula is C14H22N4S. The fraction of sp³-hybridized carbons (Fsp3) is 0.571. The molecule has 104 valence electrons. The van der Waals surface area contributed by atoms with E-state index in [4.69, 9.17) is 5.73 Å². The lowest BCUT2D eigenvalue weighted by molar-refractivity contribution is 0.593. The monoisotopic (exact) mass is 278 g/mol. The van der Waals surface area contributed by atoms with Crippen molar-refractivity contribution in [2.24, 2.45) is 0 Å². The highest BCUT2D eigenvalue weighted by Crippen LogP contribution is 2.26. The van der Waals surface area contributed by atoms with Crippen LogP contribution < -0.4 is 11.1 Å². The predicted octanol–water partition coefficient (Wildman–Crippen LogP) is 4.04. The van der Waals surface area contributed by atoms with Crippen molar-refractivity contribution in [3.63, 3.8) is 0 Å². The van der Waals surface area contributed by atoms with Crippen LogP contribution in [0.15, 0.2) is 11.4 Å². The third-order valence-corrected chi connectivity index (χ3v) is 4.02. The van der Waals surface area contributed by atoms with Gasteiger partial charge in [-0.15, -0.1) is 11.3 Å². The van der Waals surface area contributed by atoms with Gasteiger partial charge in [0.1, 0.15) is 10.6 Å². The summed E-state index contributed by atoms with van der Waals surface area (Å²) in [5, 5.41) is 6.56. The Kier molecular flexibility index (Phi) is 4.96. The van der Waals surface area contributed by atoms with Crippen molar-refractivity contribution in [2.45, 2.75) is 52.0 Å². The van der Waals surface area contributed by atoms with Gasteiger partial charge in [-0.1, -0.05) is 32.6 Å². The van der Waals surface area contributed by atoms with E-state index < -0.39 is 0 Å². The summed E-state index contributed by atoms with van der Waals surface area (Å²) in [5.74, 6) is 1.21. The minimum absolute atomic E-state index is 0.343. The summed E-state index contributed by atoms with van der Waals surface area (Å²) in [4.78, 5) is 9.51. The van der Waals surface area contributed by atoms with Gasteiger partial charge >= 0.3 is 0 Å². The van der Waals surface area contributed by atoms with Crippen molar-refractivity contribution in [3.8, 4) is 0 Å². The number of aromatic nitrogens is 2. The zero-order valence-electron chi connectivity index (χ0n) is 11.6. The van der Waals surface area contributed by atoms with Gasteiger partial charge in [0.2, 0.25) is 5.95 Å². The Morgan fingerprint density at radius 2 is 2.16 bits per heavy atom. The lowest BCUT2D eigenvalue weighted by Gasteiger charge is -2.15. The highest BCUT2D eigenvalue weighted by Gasteiger charge is 2.09. The van der Waals surface area contributed by atoms with Gasteiger partial charge in [-0.05, 0) is 24.8 Å². The molecule has 2 rings (SSSR count). The molecule has 0 saturated carbocycles. The van der Waals surface area contributed by atoms with Crippen molar-refractivity contribution >= 4 is 33.3 Å². The molecule has 5 heteroatoms. The van der Waals surface area contributed by atoms with E-state index in [1.165, 1.54) is 25.7 Å². The van der Waals surface area contributed by atoms with Gasteiger partial charge in [-0.2, -0.15) is 4.98 Å². The first-order valence-electron chi connectivity index (χ1n) is 6.98. The molecule has 0 aliphatic heterocycles. The van der Waals surface area contributed by atoms with E-state index in [1.54, 1.807) is 11.3 Å². The molecule has 0 radical (unpaired) electrons. The Morgan fingerprint density at radius 1 is 1.32 bits per heavy atom. The van der Waals surface area contributed by atoms with Gasteiger partial charge < -0.3 is 11.1 Å². The average Bonchev–Trinajstić information content (AvgIpc) is 2.82. The third kappa shape index (κ3) is 3.80. The summed E-state index contributed by atoms with van der Waals surface area (Å²) in [6.45, 7) is 4.43.